The van der Waals surface area contributed by atoms with Gasteiger partial charge >= 0.3 is 5.97 Å². The summed E-state index contributed by atoms with van der Waals surface area (Å²) in [6.45, 7) is 2.16. The number of carbonyl (C=O) groups excluding carboxylic acids is 1. The van der Waals surface area contributed by atoms with Gasteiger partial charge < -0.3 is 14.9 Å². The number of methoxy groups -OCH3 is 1. The summed E-state index contributed by atoms with van der Waals surface area (Å²) in [6.07, 6.45) is 4.67. The number of carbonyl (C=O) groups is 1. The van der Waals surface area contributed by atoms with E-state index >= 15 is 0 Å². The van der Waals surface area contributed by atoms with E-state index in [1.807, 2.05) is 24.3 Å². The van der Waals surface area contributed by atoms with Gasteiger partial charge in [-0.3, -0.25) is 4.79 Å². The minimum atomic E-state index is -0.775. The van der Waals surface area contributed by atoms with Crippen LogP contribution in [0.5, 0.6) is 0 Å². The zero-order valence-corrected chi connectivity index (χ0v) is 16.3. The smallest absolute Gasteiger partial charge is 0.305 e. The number of esters is 1. The lowest BCUT2D eigenvalue weighted by Crippen LogP contribution is -2.06. The Hall–Kier alpha value is -2.27. The van der Waals surface area contributed by atoms with Crippen LogP contribution in [0.3, 0.4) is 0 Å². The number of unbranched alkanes of at least 4 members (excludes halogenated alkanes) is 3. The van der Waals surface area contributed by atoms with Gasteiger partial charge in [0.2, 0.25) is 0 Å². The van der Waals surface area contributed by atoms with E-state index in [0.717, 1.165) is 24.0 Å². The van der Waals surface area contributed by atoms with Crippen molar-refractivity contribution in [2.45, 2.75) is 70.5 Å². The van der Waals surface area contributed by atoms with Crippen LogP contribution in [0.4, 0.5) is 0 Å². The van der Waals surface area contributed by atoms with Crippen molar-refractivity contribution in [2.24, 2.45) is 0 Å². The summed E-state index contributed by atoms with van der Waals surface area (Å²) >= 11 is 0. The summed E-state index contributed by atoms with van der Waals surface area (Å²) in [5, 5.41) is 20.0. The van der Waals surface area contributed by atoms with E-state index in [-0.39, 0.29) is 12.4 Å². The first kappa shape index (κ1) is 22.8. The molecule has 4 nitrogen and oxygen atoms in total. The molecule has 1 aromatic carbocycles. The molecule has 1 rings (SSSR count). The fourth-order valence-electron chi connectivity index (χ4n) is 2.41. The lowest BCUT2D eigenvalue weighted by molar-refractivity contribution is -0.140. The van der Waals surface area contributed by atoms with Crippen molar-refractivity contribution in [2.75, 3.05) is 7.11 Å². The molecular weight excluding hydrogens is 340 g/mol. The molecule has 1 unspecified atom stereocenters. The maximum Gasteiger partial charge on any atom is 0.305 e. The van der Waals surface area contributed by atoms with Crippen LogP contribution in [0.1, 0.15) is 75.5 Å². The predicted octanol–water partition coefficient (Wildman–Crippen LogP) is 3.75. The molecule has 27 heavy (non-hydrogen) atoms. The Balaban J connectivity index is 2.43. The lowest BCUT2D eigenvalue weighted by atomic mass is 10.0. The quantitative estimate of drug-likeness (QED) is 0.395. The summed E-state index contributed by atoms with van der Waals surface area (Å²) in [6, 6.07) is 7.30. The van der Waals surface area contributed by atoms with Crippen molar-refractivity contribution < 1.29 is 19.7 Å². The van der Waals surface area contributed by atoms with Crippen molar-refractivity contribution in [1.82, 2.24) is 0 Å². The topological polar surface area (TPSA) is 66.8 Å². The minimum absolute atomic E-state index is 0.281. The van der Waals surface area contributed by atoms with Crippen molar-refractivity contribution >= 4 is 5.97 Å². The summed E-state index contributed by atoms with van der Waals surface area (Å²) in [7, 11) is 1.35. The van der Waals surface area contributed by atoms with Gasteiger partial charge in [0.25, 0.3) is 0 Å². The Labute approximate surface area is 162 Å². The van der Waals surface area contributed by atoms with Crippen LogP contribution >= 0.6 is 0 Å². The first-order valence-corrected chi connectivity index (χ1v) is 9.57. The number of ether oxygens (including phenoxy) is 1. The van der Waals surface area contributed by atoms with Crippen molar-refractivity contribution in [3.63, 3.8) is 0 Å². The molecule has 0 aliphatic carbocycles. The van der Waals surface area contributed by atoms with Crippen molar-refractivity contribution in [3.8, 4) is 23.7 Å². The standard InChI is InChI=1S/C23H30O4/c1-3-4-5-6-7-8-11-22(25)20-16-13-19(14-17-20)15-18-21(24)10-9-12-23(26)27-2/h13-14,16-17,21-22,24-25H,3-6,9-12H2,1-2H3/t21-,22?/m0/s1. The Morgan fingerprint density at radius 3 is 2.52 bits per heavy atom. The fraction of sp³-hybridized carbons (Fsp3) is 0.522. The summed E-state index contributed by atoms with van der Waals surface area (Å²) < 4.78 is 4.55. The van der Waals surface area contributed by atoms with E-state index in [9.17, 15) is 15.0 Å². The first-order valence-electron chi connectivity index (χ1n) is 9.57. The predicted molar refractivity (Wildman–Crippen MR) is 107 cm³/mol. The first-order chi connectivity index (χ1) is 13.1. The fourth-order valence-corrected chi connectivity index (χ4v) is 2.41. The van der Waals surface area contributed by atoms with E-state index < -0.39 is 12.2 Å². The number of benzene rings is 1. The van der Waals surface area contributed by atoms with Crippen LogP contribution < -0.4 is 0 Å². The maximum atomic E-state index is 11.0. The van der Waals surface area contributed by atoms with Crippen LogP contribution in [0.2, 0.25) is 0 Å². The number of hydrogen-bond acceptors (Lipinski definition) is 4. The van der Waals surface area contributed by atoms with Crippen LogP contribution in [-0.4, -0.2) is 29.4 Å². The van der Waals surface area contributed by atoms with Gasteiger partial charge in [0, 0.05) is 24.8 Å². The van der Waals surface area contributed by atoms with Crippen molar-refractivity contribution in [3.05, 3.63) is 35.4 Å². The van der Waals surface area contributed by atoms with Gasteiger partial charge in [-0.25, -0.2) is 0 Å². The molecule has 0 saturated carbocycles. The van der Waals surface area contributed by atoms with Gasteiger partial charge in [-0.05, 0) is 37.0 Å². The molecule has 0 bridgehead atoms. The molecule has 0 saturated heterocycles. The highest BCUT2D eigenvalue weighted by atomic mass is 16.5. The largest absolute Gasteiger partial charge is 0.469 e. The van der Waals surface area contributed by atoms with E-state index in [1.54, 1.807) is 0 Å². The van der Waals surface area contributed by atoms with Gasteiger partial charge in [-0.2, -0.15) is 0 Å². The second-order valence-corrected chi connectivity index (χ2v) is 6.41. The molecule has 146 valence electrons. The molecule has 2 atom stereocenters. The molecule has 4 heteroatoms. The summed E-state index contributed by atoms with van der Waals surface area (Å²) in [5.41, 5.74) is 1.57. The normalized spacial score (nSPS) is 12.1. The van der Waals surface area contributed by atoms with Crippen molar-refractivity contribution in [1.29, 1.82) is 0 Å². The number of aliphatic hydroxyl groups is 2. The Morgan fingerprint density at radius 2 is 1.85 bits per heavy atom. The second kappa shape index (κ2) is 13.9. The number of aliphatic hydroxyl groups excluding tert-OH is 2. The average molecular weight is 370 g/mol. The molecule has 1 aromatic rings. The van der Waals surface area contributed by atoms with Crippen LogP contribution in [0.15, 0.2) is 24.3 Å². The highest BCUT2D eigenvalue weighted by Gasteiger charge is 2.06. The molecule has 2 N–H and O–H groups in total. The maximum absolute atomic E-state index is 11.0. The minimum Gasteiger partial charge on any atom is -0.469 e. The average Bonchev–Trinajstić information content (AvgIpc) is 2.69. The second-order valence-electron chi connectivity index (χ2n) is 6.41. The molecule has 0 aliphatic heterocycles. The highest BCUT2D eigenvalue weighted by molar-refractivity contribution is 5.69. The zero-order valence-electron chi connectivity index (χ0n) is 16.3. The molecule has 0 spiro atoms. The molecule has 0 aromatic heterocycles. The van der Waals surface area contributed by atoms with Crippen LogP contribution in [0.25, 0.3) is 0 Å². The molecule has 0 heterocycles. The zero-order chi connectivity index (χ0) is 19.9. The Morgan fingerprint density at radius 1 is 1.11 bits per heavy atom. The lowest BCUT2D eigenvalue weighted by Gasteiger charge is -2.07. The Bertz CT molecular complexity index is 670. The number of hydrogen-bond donors (Lipinski definition) is 2. The van der Waals surface area contributed by atoms with E-state index in [0.29, 0.717) is 19.3 Å². The van der Waals surface area contributed by atoms with Gasteiger partial charge in [0.15, 0.2) is 0 Å². The van der Waals surface area contributed by atoms with Gasteiger partial charge in [0.1, 0.15) is 6.10 Å². The van der Waals surface area contributed by atoms with Crippen LogP contribution in [0, 0.1) is 23.7 Å². The highest BCUT2D eigenvalue weighted by Crippen LogP contribution is 2.16. The summed E-state index contributed by atoms with van der Waals surface area (Å²) in [5.74, 6) is 11.5. The molecule has 0 amide bonds. The molecular formula is C23H30O4. The monoisotopic (exact) mass is 370 g/mol. The molecule has 0 fully saturated rings. The Kier molecular flexibility index (Phi) is 11.7. The van der Waals surface area contributed by atoms with Crippen LogP contribution in [-0.2, 0) is 9.53 Å². The number of rotatable bonds is 9. The van der Waals surface area contributed by atoms with Gasteiger partial charge in [0.05, 0.1) is 13.2 Å². The van der Waals surface area contributed by atoms with E-state index in [1.165, 1.54) is 20.0 Å². The van der Waals surface area contributed by atoms with E-state index in [2.05, 4.69) is 35.3 Å². The molecule has 0 radical (unpaired) electrons. The molecule has 0 aliphatic rings. The van der Waals surface area contributed by atoms with Gasteiger partial charge in [-0.1, -0.05) is 43.7 Å². The van der Waals surface area contributed by atoms with Gasteiger partial charge in [-0.15, -0.1) is 11.8 Å². The van der Waals surface area contributed by atoms with E-state index in [4.69, 9.17) is 0 Å². The third-order valence-corrected chi connectivity index (χ3v) is 4.09. The summed E-state index contributed by atoms with van der Waals surface area (Å²) in [4.78, 5) is 11.0. The SMILES string of the molecule is CCCCCC#CCC(O)c1ccc(C#C[C@@H](O)CCCC(=O)OC)cc1. The third kappa shape index (κ3) is 10.5. The third-order valence-electron chi connectivity index (χ3n) is 4.09.